The van der Waals surface area contributed by atoms with Crippen molar-refractivity contribution in [2.45, 2.75) is 30.7 Å². The molecule has 2 aliphatic heterocycles. The summed E-state index contributed by atoms with van der Waals surface area (Å²) in [5.41, 5.74) is 0. The van der Waals surface area contributed by atoms with Gasteiger partial charge in [0.05, 0.1) is 4.90 Å². The second kappa shape index (κ2) is 8.81. The lowest BCUT2D eigenvalue weighted by atomic mass is 9.95. The van der Waals surface area contributed by atoms with Gasteiger partial charge in [-0.2, -0.15) is 4.31 Å². The zero-order valence-corrected chi connectivity index (χ0v) is 16.7. The van der Waals surface area contributed by atoms with E-state index in [1.54, 1.807) is 0 Å². The van der Waals surface area contributed by atoms with Crippen LogP contribution in [0.5, 0.6) is 0 Å². The van der Waals surface area contributed by atoms with Crippen molar-refractivity contribution in [1.82, 2.24) is 14.5 Å². The summed E-state index contributed by atoms with van der Waals surface area (Å²) in [6.07, 6.45) is 0.858. The van der Waals surface area contributed by atoms with Crippen molar-refractivity contribution in [2.24, 2.45) is 5.92 Å². The number of hydrogen-bond donors (Lipinski definition) is 1. The number of piperazine rings is 1. The Hall–Kier alpha value is -1.29. The molecule has 2 saturated heterocycles. The number of amides is 1. The first-order valence-corrected chi connectivity index (χ1v) is 10.2. The van der Waals surface area contributed by atoms with Crippen LogP contribution in [0.25, 0.3) is 0 Å². The van der Waals surface area contributed by atoms with Gasteiger partial charge < -0.3 is 10.2 Å². The highest BCUT2D eigenvalue weighted by molar-refractivity contribution is 7.89. The first-order valence-electron chi connectivity index (χ1n) is 8.77. The molecule has 0 saturated carbocycles. The van der Waals surface area contributed by atoms with Gasteiger partial charge in [0.15, 0.2) is 11.6 Å². The number of carbonyl (C=O) groups is 1. The van der Waals surface area contributed by atoms with E-state index < -0.39 is 21.7 Å². The molecule has 152 valence electrons. The molecule has 2 fully saturated rings. The summed E-state index contributed by atoms with van der Waals surface area (Å²) in [6.45, 7) is 4.56. The van der Waals surface area contributed by atoms with Crippen LogP contribution in [0.2, 0.25) is 0 Å². The summed E-state index contributed by atoms with van der Waals surface area (Å²) in [5.74, 6) is -2.40. The van der Waals surface area contributed by atoms with E-state index in [9.17, 15) is 22.0 Å². The topological polar surface area (TPSA) is 69.7 Å². The van der Waals surface area contributed by atoms with Gasteiger partial charge in [-0.1, -0.05) is 0 Å². The van der Waals surface area contributed by atoms with E-state index in [-0.39, 0.29) is 48.3 Å². The van der Waals surface area contributed by atoms with E-state index in [0.717, 1.165) is 25.2 Å². The molecule has 6 nitrogen and oxygen atoms in total. The van der Waals surface area contributed by atoms with Crippen molar-refractivity contribution in [1.29, 1.82) is 0 Å². The summed E-state index contributed by atoms with van der Waals surface area (Å²) < 4.78 is 52.9. The van der Waals surface area contributed by atoms with Crippen LogP contribution in [-0.4, -0.2) is 62.3 Å². The van der Waals surface area contributed by atoms with Crippen LogP contribution in [0.1, 0.15) is 19.8 Å². The molecule has 10 heteroatoms. The Morgan fingerprint density at radius 2 is 1.81 bits per heavy atom. The Morgan fingerprint density at radius 3 is 2.41 bits per heavy atom. The fraction of sp³-hybridized carbons (Fsp3) is 0.588. The molecule has 0 radical (unpaired) electrons. The molecule has 2 aliphatic rings. The second-order valence-corrected chi connectivity index (χ2v) is 8.78. The molecule has 1 amide bonds. The predicted molar refractivity (Wildman–Crippen MR) is 99.1 cm³/mol. The van der Waals surface area contributed by atoms with E-state index in [2.05, 4.69) is 5.32 Å². The number of benzene rings is 1. The molecule has 0 unspecified atom stereocenters. The van der Waals surface area contributed by atoms with Gasteiger partial charge >= 0.3 is 0 Å². The Bertz CT molecular complexity index is 786. The third-order valence-corrected chi connectivity index (χ3v) is 7.01. The first kappa shape index (κ1) is 22.0. The number of rotatable bonds is 3. The molecule has 1 N–H and O–H groups in total. The van der Waals surface area contributed by atoms with Crippen LogP contribution in [0, 0.1) is 17.6 Å². The maximum Gasteiger partial charge on any atom is 0.243 e. The van der Waals surface area contributed by atoms with E-state index in [1.165, 1.54) is 4.31 Å². The molecule has 1 aromatic rings. The van der Waals surface area contributed by atoms with E-state index in [0.29, 0.717) is 25.5 Å². The predicted octanol–water partition coefficient (Wildman–Crippen LogP) is 1.61. The Morgan fingerprint density at radius 1 is 1.15 bits per heavy atom. The Balaban J connectivity index is 0.00000261. The van der Waals surface area contributed by atoms with Crippen molar-refractivity contribution < 1.29 is 22.0 Å². The van der Waals surface area contributed by atoms with Crippen LogP contribution >= 0.6 is 12.4 Å². The van der Waals surface area contributed by atoms with Crippen molar-refractivity contribution >= 4 is 28.3 Å². The highest BCUT2D eigenvalue weighted by Gasteiger charge is 2.35. The molecule has 0 aromatic heterocycles. The van der Waals surface area contributed by atoms with Crippen LogP contribution in [0.15, 0.2) is 23.1 Å². The number of halogens is 3. The summed E-state index contributed by atoms with van der Waals surface area (Å²) in [4.78, 5) is 14.3. The van der Waals surface area contributed by atoms with Gasteiger partial charge in [-0.15, -0.1) is 12.4 Å². The third-order valence-electron chi connectivity index (χ3n) is 5.12. The maximum atomic E-state index is 13.4. The van der Waals surface area contributed by atoms with Crippen LogP contribution in [0.3, 0.4) is 0 Å². The van der Waals surface area contributed by atoms with Gasteiger partial charge in [-0.05, 0) is 38.0 Å². The first-order chi connectivity index (χ1) is 12.3. The van der Waals surface area contributed by atoms with Crippen LogP contribution < -0.4 is 5.32 Å². The highest BCUT2D eigenvalue weighted by atomic mass is 35.5. The van der Waals surface area contributed by atoms with Gasteiger partial charge in [0.2, 0.25) is 15.9 Å². The van der Waals surface area contributed by atoms with Gasteiger partial charge in [-0.25, -0.2) is 17.2 Å². The summed E-state index contributed by atoms with van der Waals surface area (Å²) in [7, 11) is -3.89. The average molecular weight is 424 g/mol. The van der Waals surface area contributed by atoms with Gasteiger partial charge in [0, 0.05) is 44.7 Å². The molecule has 27 heavy (non-hydrogen) atoms. The number of hydrogen-bond acceptors (Lipinski definition) is 4. The van der Waals surface area contributed by atoms with E-state index in [4.69, 9.17) is 0 Å². The number of sulfonamides is 1. The smallest absolute Gasteiger partial charge is 0.243 e. The van der Waals surface area contributed by atoms with Crippen molar-refractivity contribution in [3.05, 3.63) is 29.8 Å². The molecule has 1 aromatic carbocycles. The van der Waals surface area contributed by atoms with Gasteiger partial charge in [0.25, 0.3) is 0 Å². The SMILES string of the molecule is C[C@H]1CNCCN1C(=O)C1CCN(S(=O)(=O)c2ccc(F)c(F)c2)CC1.Cl. The number of nitrogens with one attached hydrogen (secondary N) is 1. The Labute approximate surface area is 164 Å². The molecule has 0 aliphatic carbocycles. The van der Waals surface area contributed by atoms with Crippen LogP contribution in [-0.2, 0) is 14.8 Å². The van der Waals surface area contributed by atoms with Crippen molar-refractivity contribution in [2.75, 3.05) is 32.7 Å². The maximum absolute atomic E-state index is 13.4. The molecule has 3 rings (SSSR count). The zero-order chi connectivity index (χ0) is 18.9. The largest absolute Gasteiger partial charge is 0.337 e. The Kier molecular flexibility index (Phi) is 7.18. The minimum absolute atomic E-state index is 0. The summed E-state index contributed by atoms with van der Waals surface area (Å²) in [5, 5.41) is 3.24. The quantitative estimate of drug-likeness (QED) is 0.801. The number of piperidine rings is 1. The third kappa shape index (κ3) is 4.59. The van der Waals surface area contributed by atoms with Gasteiger partial charge in [0.1, 0.15) is 0 Å². The molecule has 1 atom stereocenters. The van der Waals surface area contributed by atoms with Crippen LogP contribution in [0.4, 0.5) is 8.78 Å². The molecular formula is C17H24ClF2N3O3S. The average Bonchev–Trinajstić information content (AvgIpc) is 2.64. The van der Waals surface area contributed by atoms with E-state index in [1.807, 2.05) is 11.8 Å². The van der Waals surface area contributed by atoms with Gasteiger partial charge in [-0.3, -0.25) is 4.79 Å². The minimum atomic E-state index is -3.89. The molecular weight excluding hydrogens is 400 g/mol. The van der Waals surface area contributed by atoms with Crippen molar-refractivity contribution in [3.8, 4) is 0 Å². The normalized spacial score (nSPS) is 22.3. The zero-order valence-electron chi connectivity index (χ0n) is 15.0. The lowest BCUT2D eigenvalue weighted by molar-refractivity contribution is -0.139. The fourth-order valence-electron chi connectivity index (χ4n) is 3.53. The fourth-order valence-corrected chi connectivity index (χ4v) is 5.01. The number of nitrogens with zero attached hydrogens (tertiary/aromatic N) is 2. The minimum Gasteiger partial charge on any atom is -0.337 e. The summed E-state index contributed by atoms with van der Waals surface area (Å²) in [6, 6.07) is 2.70. The van der Waals surface area contributed by atoms with E-state index >= 15 is 0 Å². The lowest BCUT2D eigenvalue weighted by Gasteiger charge is -2.38. The standard InChI is InChI=1S/C17H23F2N3O3S.ClH/c1-12-11-20-6-9-22(12)17(23)13-4-7-21(8-5-13)26(24,25)14-2-3-15(18)16(19)10-14;/h2-3,10,12-13,20H,4-9,11H2,1H3;1H/t12-;/m0./s1. The highest BCUT2D eigenvalue weighted by Crippen LogP contribution is 2.26. The molecule has 0 bridgehead atoms. The second-order valence-electron chi connectivity index (χ2n) is 6.84. The number of carbonyl (C=O) groups excluding carboxylic acids is 1. The molecule has 2 heterocycles. The molecule has 0 spiro atoms. The summed E-state index contributed by atoms with van der Waals surface area (Å²) >= 11 is 0. The monoisotopic (exact) mass is 423 g/mol. The van der Waals surface area contributed by atoms with Crippen molar-refractivity contribution in [3.63, 3.8) is 0 Å². The lowest BCUT2D eigenvalue weighted by Crippen LogP contribution is -2.55.